The highest BCUT2D eigenvalue weighted by atomic mass is 35.5. The van der Waals surface area contributed by atoms with Gasteiger partial charge in [0.2, 0.25) is 0 Å². The molecule has 18 heavy (non-hydrogen) atoms. The molecule has 0 aliphatic rings. The molecule has 1 heterocycles. The maximum atomic E-state index is 13.5. The van der Waals surface area contributed by atoms with Crippen molar-refractivity contribution in [2.75, 3.05) is 0 Å². The van der Waals surface area contributed by atoms with E-state index in [-0.39, 0.29) is 17.1 Å². The summed E-state index contributed by atoms with van der Waals surface area (Å²) in [5.41, 5.74) is -0.631. The molecule has 0 bridgehead atoms. The molecule has 1 aromatic carbocycles. The van der Waals surface area contributed by atoms with Gasteiger partial charge >= 0.3 is 0 Å². The predicted octanol–water partition coefficient (Wildman–Crippen LogP) is 3.83. The van der Waals surface area contributed by atoms with Crippen LogP contribution < -0.4 is 0 Å². The maximum Gasteiger partial charge on any atom is 0.280 e. The van der Waals surface area contributed by atoms with Crippen LogP contribution in [0.5, 0.6) is 0 Å². The van der Waals surface area contributed by atoms with Crippen molar-refractivity contribution in [1.29, 1.82) is 0 Å². The first-order valence-electron chi connectivity index (χ1n) is 4.91. The summed E-state index contributed by atoms with van der Waals surface area (Å²) in [6.45, 7) is 0. The van der Waals surface area contributed by atoms with Crippen molar-refractivity contribution in [3.05, 3.63) is 47.3 Å². The second-order valence-corrected chi connectivity index (χ2v) is 3.76. The zero-order valence-electron chi connectivity index (χ0n) is 8.88. The van der Waals surface area contributed by atoms with E-state index in [2.05, 4.69) is 5.10 Å². The van der Waals surface area contributed by atoms with Crippen molar-refractivity contribution in [3.8, 4) is 5.69 Å². The van der Waals surface area contributed by atoms with Crippen LogP contribution in [-0.4, -0.2) is 9.78 Å². The van der Waals surface area contributed by atoms with Gasteiger partial charge in [-0.25, -0.2) is 22.2 Å². The molecule has 0 saturated carbocycles. The number of hydrogen-bond acceptors (Lipinski definition) is 1. The molecule has 0 atom stereocenters. The number of rotatable bonds is 3. The molecule has 2 nitrogen and oxygen atoms in total. The van der Waals surface area contributed by atoms with E-state index in [4.69, 9.17) is 11.6 Å². The van der Waals surface area contributed by atoms with Gasteiger partial charge in [-0.2, -0.15) is 5.10 Å². The van der Waals surface area contributed by atoms with Gasteiger partial charge in [0.25, 0.3) is 6.43 Å². The van der Waals surface area contributed by atoms with Gasteiger partial charge in [-0.15, -0.1) is 11.6 Å². The summed E-state index contributed by atoms with van der Waals surface area (Å²) in [6.07, 6.45) is -1.72. The third-order valence-corrected chi connectivity index (χ3v) is 2.66. The lowest BCUT2D eigenvalue weighted by Crippen LogP contribution is -2.06. The Morgan fingerprint density at radius 3 is 2.56 bits per heavy atom. The molecule has 0 radical (unpaired) electrons. The Morgan fingerprint density at radius 1 is 1.28 bits per heavy atom. The zero-order valence-corrected chi connectivity index (χ0v) is 9.63. The molecule has 0 fully saturated rings. The van der Waals surface area contributed by atoms with E-state index in [0.717, 1.165) is 23.0 Å². The van der Waals surface area contributed by atoms with E-state index >= 15 is 0 Å². The average molecular weight is 279 g/mol. The summed E-state index contributed by atoms with van der Waals surface area (Å²) in [4.78, 5) is 0. The summed E-state index contributed by atoms with van der Waals surface area (Å²) in [5.74, 6) is -1.93. The molecule has 0 saturated heterocycles. The third kappa shape index (κ3) is 2.20. The van der Waals surface area contributed by atoms with E-state index in [9.17, 15) is 17.6 Å². The first-order chi connectivity index (χ1) is 8.54. The van der Waals surface area contributed by atoms with E-state index in [1.54, 1.807) is 0 Å². The van der Waals surface area contributed by atoms with E-state index < -0.39 is 23.8 Å². The fourth-order valence-electron chi connectivity index (χ4n) is 1.57. The number of hydrogen-bond donors (Lipinski definition) is 0. The van der Waals surface area contributed by atoms with E-state index in [0.29, 0.717) is 6.07 Å². The van der Waals surface area contributed by atoms with Gasteiger partial charge < -0.3 is 0 Å². The van der Waals surface area contributed by atoms with Gasteiger partial charge in [0, 0.05) is 11.6 Å². The number of halogens is 5. The number of alkyl halides is 3. The third-order valence-electron chi connectivity index (χ3n) is 2.37. The van der Waals surface area contributed by atoms with Crippen LogP contribution in [0.4, 0.5) is 17.6 Å². The minimum Gasteiger partial charge on any atom is -0.229 e. The van der Waals surface area contributed by atoms with Crippen LogP contribution in [-0.2, 0) is 5.88 Å². The van der Waals surface area contributed by atoms with Gasteiger partial charge in [-0.3, -0.25) is 0 Å². The molecule has 96 valence electrons. The van der Waals surface area contributed by atoms with Gasteiger partial charge in [-0.05, 0) is 12.1 Å². The first-order valence-corrected chi connectivity index (χ1v) is 5.44. The molecule has 0 N–H and O–H groups in total. The van der Waals surface area contributed by atoms with Crippen molar-refractivity contribution < 1.29 is 17.6 Å². The summed E-state index contributed by atoms with van der Waals surface area (Å²) in [5, 5.41) is 3.66. The van der Waals surface area contributed by atoms with Crippen molar-refractivity contribution in [3.63, 3.8) is 0 Å². The normalized spacial score (nSPS) is 11.2. The minimum atomic E-state index is -2.86. The second-order valence-electron chi connectivity index (χ2n) is 3.50. The topological polar surface area (TPSA) is 17.8 Å². The quantitative estimate of drug-likeness (QED) is 0.616. The molecule has 7 heteroatoms. The average Bonchev–Trinajstić information content (AvgIpc) is 2.72. The number of benzene rings is 1. The van der Waals surface area contributed by atoms with E-state index in [1.165, 1.54) is 0 Å². The van der Waals surface area contributed by atoms with Crippen molar-refractivity contribution in [2.45, 2.75) is 12.3 Å². The van der Waals surface area contributed by atoms with Crippen LogP contribution in [0.25, 0.3) is 5.69 Å². The summed E-state index contributed by atoms with van der Waals surface area (Å²) >= 11 is 5.50. The van der Waals surface area contributed by atoms with Crippen LogP contribution in [0.2, 0.25) is 0 Å². The molecule has 2 rings (SSSR count). The Morgan fingerprint density at radius 2 is 2.00 bits per heavy atom. The number of nitrogens with zero attached hydrogens (tertiary/aromatic N) is 2. The molecule has 0 spiro atoms. The Bertz CT molecular complexity index is 568. The molecule has 0 aliphatic heterocycles. The van der Waals surface area contributed by atoms with Gasteiger partial charge in [0.1, 0.15) is 17.2 Å². The molecule has 0 aliphatic carbocycles. The highest BCUT2D eigenvalue weighted by Crippen LogP contribution is 2.27. The maximum absolute atomic E-state index is 13.5. The Labute approximate surface area is 105 Å². The first kappa shape index (κ1) is 12.9. The molecule has 1 aromatic heterocycles. The highest BCUT2D eigenvalue weighted by molar-refractivity contribution is 6.17. The van der Waals surface area contributed by atoms with Crippen LogP contribution >= 0.6 is 11.6 Å². The standard InChI is InChI=1S/C11H7ClF4N2/c12-4-6-5-17-18(10(6)11(15)16)9-2-1-7(13)3-8(9)14/h1-3,5,11H,4H2. The van der Waals surface area contributed by atoms with Crippen LogP contribution in [0.1, 0.15) is 17.7 Å². The Balaban J connectivity index is 2.60. The summed E-state index contributed by atoms with van der Waals surface area (Å²) in [6, 6.07) is 2.61. The summed E-state index contributed by atoms with van der Waals surface area (Å²) < 4.78 is 52.8. The Hall–Kier alpha value is -1.56. The Kier molecular flexibility index (Phi) is 3.56. The largest absolute Gasteiger partial charge is 0.280 e. The molecule has 0 amide bonds. The van der Waals surface area contributed by atoms with E-state index in [1.807, 2.05) is 0 Å². The van der Waals surface area contributed by atoms with Gasteiger partial charge in [0.15, 0.2) is 5.82 Å². The molecular weight excluding hydrogens is 272 g/mol. The molecule has 0 unspecified atom stereocenters. The number of aromatic nitrogens is 2. The van der Waals surface area contributed by atoms with Crippen molar-refractivity contribution in [1.82, 2.24) is 9.78 Å². The van der Waals surface area contributed by atoms with Crippen molar-refractivity contribution in [2.24, 2.45) is 0 Å². The fourth-order valence-corrected chi connectivity index (χ4v) is 1.78. The van der Waals surface area contributed by atoms with Gasteiger partial charge in [-0.1, -0.05) is 0 Å². The van der Waals surface area contributed by atoms with Crippen LogP contribution in [0, 0.1) is 11.6 Å². The van der Waals surface area contributed by atoms with Crippen LogP contribution in [0.15, 0.2) is 24.4 Å². The van der Waals surface area contributed by atoms with Crippen LogP contribution in [0.3, 0.4) is 0 Å². The SMILES string of the molecule is Fc1ccc(-n2ncc(CCl)c2C(F)F)c(F)c1. The lowest BCUT2D eigenvalue weighted by atomic mass is 10.2. The van der Waals surface area contributed by atoms with Gasteiger partial charge in [0.05, 0.1) is 12.1 Å². The molecule has 2 aromatic rings. The predicted molar refractivity (Wildman–Crippen MR) is 58.0 cm³/mol. The molecular formula is C11H7ClF4N2. The monoisotopic (exact) mass is 278 g/mol. The lowest BCUT2D eigenvalue weighted by molar-refractivity contribution is 0.142. The summed E-state index contributed by atoms with van der Waals surface area (Å²) in [7, 11) is 0. The highest BCUT2D eigenvalue weighted by Gasteiger charge is 2.22. The second kappa shape index (κ2) is 4.97. The van der Waals surface area contributed by atoms with Crippen molar-refractivity contribution >= 4 is 11.6 Å². The fraction of sp³-hybridized carbons (Fsp3) is 0.182. The minimum absolute atomic E-state index is 0.107. The smallest absolute Gasteiger partial charge is 0.229 e. The lowest BCUT2D eigenvalue weighted by Gasteiger charge is -2.09. The zero-order chi connectivity index (χ0) is 13.3.